The van der Waals surface area contributed by atoms with Crippen molar-refractivity contribution in [2.75, 3.05) is 19.6 Å². The molecule has 1 amide bonds. The third-order valence-electron chi connectivity index (χ3n) is 4.68. The molecule has 1 aromatic heterocycles. The van der Waals surface area contributed by atoms with Crippen LogP contribution >= 0.6 is 0 Å². The maximum atomic E-state index is 12.1. The molecule has 2 heterocycles. The highest BCUT2D eigenvalue weighted by molar-refractivity contribution is 5.78. The van der Waals surface area contributed by atoms with Crippen LogP contribution in [0, 0.1) is 5.92 Å². The number of piperidine rings is 1. The molecule has 24 heavy (non-hydrogen) atoms. The van der Waals surface area contributed by atoms with Gasteiger partial charge in [0.1, 0.15) is 0 Å². The summed E-state index contributed by atoms with van der Waals surface area (Å²) in [6, 6.07) is 14.6. The number of rotatable bonds is 6. The van der Waals surface area contributed by atoms with Crippen molar-refractivity contribution in [2.24, 2.45) is 5.92 Å². The van der Waals surface area contributed by atoms with Gasteiger partial charge in [0.05, 0.1) is 6.54 Å². The molecule has 1 fully saturated rings. The fourth-order valence-corrected chi connectivity index (χ4v) is 3.26. The monoisotopic (exact) mass is 323 g/mol. The van der Waals surface area contributed by atoms with E-state index in [9.17, 15) is 4.79 Å². The molecule has 0 bridgehead atoms. The van der Waals surface area contributed by atoms with E-state index in [4.69, 9.17) is 0 Å². The van der Waals surface area contributed by atoms with E-state index in [1.165, 1.54) is 18.4 Å². The molecule has 1 saturated heterocycles. The van der Waals surface area contributed by atoms with Gasteiger partial charge in [-0.15, -0.1) is 0 Å². The van der Waals surface area contributed by atoms with Crippen LogP contribution < -0.4 is 5.32 Å². The molecule has 2 aromatic rings. The lowest BCUT2D eigenvalue weighted by atomic mass is 9.90. The van der Waals surface area contributed by atoms with Gasteiger partial charge in [0.15, 0.2) is 0 Å². The average molecular weight is 323 g/mol. The van der Waals surface area contributed by atoms with E-state index >= 15 is 0 Å². The Labute approximate surface area is 143 Å². The number of amides is 1. The van der Waals surface area contributed by atoms with Crippen LogP contribution in [0.2, 0.25) is 0 Å². The maximum absolute atomic E-state index is 12.1. The first kappa shape index (κ1) is 16.7. The van der Waals surface area contributed by atoms with Gasteiger partial charge in [-0.05, 0) is 61.5 Å². The number of benzene rings is 1. The van der Waals surface area contributed by atoms with Crippen LogP contribution in [0.15, 0.2) is 54.9 Å². The first-order chi connectivity index (χ1) is 11.8. The van der Waals surface area contributed by atoms with E-state index in [0.29, 0.717) is 13.1 Å². The zero-order chi connectivity index (χ0) is 16.6. The Morgan fingerprint density at radius 3 is 2.46 bits per heavy atom. The predicted octanol–water partition coefficient (Wildman–Crippen LogP) is 2.65. The molecular formula is C20H25N3O. The molecule has 0 aliphatic carbocycles. The number of pyridine rings is 1. The van der Waals surface area contributed by atoms with Crippen LogP contribution in [-0.2, 0) is 17.8 Å². The standard InChI is InChI=1S/C20H25N3O/c24-20(22-15-19-6-10-21-11-7-19)16-23-12-8-18(9-13-23)14-17-4-2-1-3-5-17/h1-7,10-11,18H,8-9,12-16H2,(H,22,24). The van der Waals surface area contributed by atoms with Crippen LogP contribution in [0.3, 0.4) is 0 Å². The largest absolute Gasteiger partial charge is 0.351 e. The number of hydrogen-bond acceptors (Lipinski definition) is 3. The fourth-order valence-electron chi connectivity index (χ4n) is 3.26. The number of likely N-dealkylation sites (tertiary alicyclic amines) is 1. The van der Waals surface area contributed by atoms with E-state index in [1.807, 2.05) is 12.1 Å². The van der Waals surface area contributed by atoms with Gasteiger partial charge in [0.25, 0.3) is 0 Å². The van der Waals surface area contributed by atoms with Crippen LogP contribution in [-0.4, -0.2) is 35.4 Å². The Bertz CT molecular complexity index is 622. The molecule has 1 N–H and O–H groups in total. The first-order valence-corrected chi connectivity index (χ1v) is 8.71. The lowest BCUT2D eigenvalue weighted by Crippen LogP contribution is -2.41. The van der Waals surface area contributed by atoms with E-state index in [-0.39, 0.29) is 5.91 Å². The topological polar surface area (TPSA) is 45.2 Å². The van der Waals surface area contributed by atoms with Crippen molar-refractivity contribution in [3.8, 4) is 0 Å². The van der Waals surface area contributed by atoms with Crippen molar-refractivity contribution in [3.05, 3.63) is 66.0 Å². The molecule has 1 aliphatic rings. The normalized spacial score (nSPS) is 16.0. The molecule has 4 nitrogen and oxygen atoms in total. The smallest absolute Gasteiger partial charge is 0.234 e. The zero-order valence-corrected chi connectivity index (χ0v) is 14.0. The van der Waals surface area contributed by atoms with Gasteiger partial charge in [0, 0.05) is 18.9 Å². The minimum Gasteiger partial charge on any atom is -0.351 e. The van der Waals surface area contributed by atoms with Gasteiger partial charge in [-0.2, -0.15) is 0 Å². The van der Waals surface area contributed by atoms with Crippen molar-refractivity contribution in [1.29, 1.82) is 0 Å². The second-order valence-corrected chi connectivity index (χ2v) is 6.54. The van der Waals surface area contributed by atoms with Crippen LogP contribution in [0.5, 0.6) is 0 Å². The van der Waals surface area contributed by atoms with Crippen LogP contribution in [0.25, 0.3) is 0 Å². The lowest BCUT2D eigenvalue weighted by molar-refractivity contribution is -0.122. The maximum Gasteiger partial charge on any atom is 0.234 e. The summed E-state index contributed by atoms with van der Waals surface area (Å²) in [5.41, 5.74) is 2.51. The molecular weight excluding hydrogens is 298 g/mol. The van der Waals surface area contributed by atoms with E-state index in [1.54, 1.807) is 12.4 Å². The molecule has 0 atom stereocenters. The molecule has 0 unspecified atom stereocenters. The highest BCUT2D eigenvalue weighted by atomic mass is 16.2. The van der Waals surface area contributed by atoms with E-state index in [2.05, 4.69) is 45.5 Å². The number of nitrogens with zero attached hydrogens (tertiary/aromatic N) is 2. The van der Waals surface area contributed by atoms with Gasteiger partial charge in [-0.25, -0.2) is 0 Å². The highest BCUT2D eigenvalue weighted by Gasteiger charge is 2.20. The van der Waals surface area contributed by atoms with Crippen molar-refractivity contribution >= 4 is 5.91 Å². The van der Waals surface area contributed by atoms with Gasteiger partial charge >= 0.3 is 0 Å². The minimum absolute atomic E-state index is 0.105. The second kappa shape index (κ2) is 8.60. The molecule has 0 radical (unpaired) electrons. The van der Waals surface area contributed by atoms with Crippen molar-refractivity contribution in [2.45, 2.75) is 25.8 Å². The quantitative estimate of drug-likeness (QED) is 0.889. The lowest BCUT2D eigenvalue weighted by Gasteiger charge is -2.31. The fraction of sp³-hybridized carbons (Fsp3) is 0.400. The molecule has 1 aliphatic heterocycles. The van der Waals surface area contributed by atoms with Crippen LogP contribution in [0.1, 0.15) is 24.0 Å². The molecule has 1 aromatic carbocycles. The average Bonchev–Trinajstić information content (AvgIpc) is 2.63. The van der Waals surface area contributed by atoms with Crippen LogP contribution in [0.4, 0.5) is 0 Å². The minimum atomic E-state index is 0.105. The SMILES string of the molecule is O=C(CN1CCC(Cc2ccccc2)CC1)NCc1ccncc1. The van der Waals surface area contributed by atoms with Crippen molar-refractivity contribution < 1.29 is 4.79 Å². The number of nitrogens with one attached hydrogen (secondary N) is 1. The highest BCUT2D eigenvalue weighted by Crippen LogP contribution is 2.21. The van der Waals surface area contributed by atoms with Crippen molar-refractivity contribution in [3.63, 3.8) is 0 Å². The van der Waals surface area contributed by atoms with E-state index in [0.717, 1.165) is 31.0 Å². The Balaban J connectivity index is 1.36. The molecule has 4 heteroatoms. The Hall–Kier alpha value is -2.20. The third-order valence-corrected chi connectivity index (χ3v) is 4.68. The van der Waals surface area contributed by atoms with Gasteiger partial charge in [-0.1, -0.05) is 30.3 Å². The summed E-state index contributed by atoms with van der Waals surface area (Å²) in [5, 5.41) is 2.99. The summed E-state index contributed by atoms with van der Waals surface area (Å²) in [6.07, 6.45) is 7.00. The number of carbonyl (C=O) groups is 1. The number of aromatic nitrogens is 1. The molecule has 3 rings (SSSR count). The third kappa shape index (κ3) is 5.17. The van der Waals surface area contributed by atoms with Gasteiger partial charge in [0.2, 0.25) is 5.91 Å². The molecule has 0 spiro atoms. The summed E-state index contributed by atoms with van der Waals surface area (Å²) >= 11 is 0. The Kier molecular flexibility index (Phi) is 5.96. The zero-order valence-electron chi connectivity index (χ0n) is 14.0. The van der Waals surface area contributed by atoms with E-state index < -0.39 is 0 Å². The van der Waals surface area contributed by atoms with Crippen molar-refractivity contribution in [1.82, 2.24) is 15.2 Å². The Morgan fingerprint density at radius 2 is 1.75 bits per heavy atom. The summed E-state index contributed by atoms with van der Waals surface area (Å²) in [5.74, 6) is 0.844. The number of hydrogen-bond donors (Lipinski definition) is 1. The summed E-state index contributed by atoms with van der Waals surface area (Å²) in [6.45, 7) is 3.11. The molecule has 0 saturated carbocycles. The first-order valence-electron chi connectivity index (χ1n) is 8.71. The van der Waals surface area contributed by atoms with Gasteiger partial charge < -0.3 is 5.32 Å². The summed E-state index contributed by atoms with van der Waals surface area (Å²) < 4.78 is 0. The number of carbonyl (C=O) groups excluding carboxylic acids is 1. The van der Waals surface area contributed by atoms with Gasteiger partial charge in [-0.3, -0.25) is 14.7 Å². The Morgan fingerprint density at radius 1 is 1.04 bits per heavy atom. The summed E-state index contributed by atoms with van der Waals surface area (Å²) in [4.78, 5) is 18.3. The predicted molar refractivity (Wildman–Crippen MR) is 95.4 cm³/mol. The summed E-state index contributed by atoms with van der Waals surface area (Å²) in [7, 11) is 0. The molecule has 126 valence electrons. The second-order valence-electron chi connectivity index (χ2n) is 6.54.